The van der Waals surface area contributed by atoms with Gasteiger partial charge in [0.15, 0.2) is 0 Å². The van der Waals surface area contributed by atoms with Crippen LogP contribution in [0.25, 0.3) is 0 Å². The Morgan fingerprint density at radius 2 is 1.79 bits per heavy atom. The molecule has 0 bridgehead atoms. The van der Waals surface area contributed by atoms with Crippen LogP contribution in [0, 0.1) is 11.8 Å². The fraction of sp³-hybridized carbons (Fsp3) is 0.789. The lowest BCUT2D eigenvalue weighted by molar-refractivity contribution is -0.146. The molecule has 0 aromatic rings. The molecule has 2 fully saturated rings. The molecule has 1 saturated heterocycles. The summed E-state index contributed by atoms with van der Waals surface area (Å²) in [6, 6.07) is -1.76. The Morgan fingerprint density at radius 3 is 2.29 bits per heavy atom. The third-order valence-corrected chi connectivity index (χ3v) is 4.76. The molecule has 0 aromatic heterocycles. The van der Waals surface area contributed by atoms with Crippen LogP contribution in [0.5, 0.6) is 0 Å². The summed E-state index contributed by atoms with van der Waals surface area (Å²) < 4.78 is 10.0. The van der Waals surface area contributed by atoms with Crippen molar-refractivity contribution >= 4 is 23.9 Å². The van der Waals surface area contributed by atoms with Gasteiger partial charge >= 0.3 is 12.1 Å². The highest BCUT2D eigenvalue weighted by Crippen LogP contribution is 2.33. The number of carbonyl (C=O) groups is 4. The fourth-order valence-corrected chi connectivity index (χ4v) is 3.15. The van der Waals surface area contributed by atoms with Crippen LogP contribution < -0.4 is 16.0 Å². The summed E-state index contributed by atoms with van der Waals surface area (Å²) in [7, 11) is 1.23. The molecule has 2 rings (SSSR count). The molecule has 28 heavy (non-hydrogen) atoms. The van der Waals surface area contributed by atoms with Gasteiger partial charge in [-0.2, -0.15) is 0 Å². The molecule has 1 aliphatic carbocycles. The SMILES string of the molecule is COC(=O)[C@H](C[C@@H]1CCNC1=O)NC(=O)[C@H](CC1CC1)NC(=O)OC(C)(C)C. The number of ether oxygens (including phenoxy) is 2. The van der Waals surface area contributed by atoms with Gasteiger partial charge in [-0.25, -0.2) is 9.59 Å². The van der Waals surface area contributed by atoms with E-state index in [4.69, 9.17) is 9.47 Å². The second-order valence-electron chi connectivity index (χ2n) is 8.47. The Labute approximate surface area is 165 Å². The summed E-state index contributed by atoms with van der Waals surface area (Å²) in [6.45, 7) is 5.77. The average Bonchev–Trinajstić information content (AvgIpc) is 3.32. The maximum absolute atomic E-state index is 12.8. The number of amides is 3. The van der Waals surface area contributed by atoms with Crippen LogP contribution in [0.15, 0.2) is 0 Å². The molecule has 0 radical (unpaired) electrons. The van der Waals surface area contributed by atoms with Gasteiger partial charge in [-0.1, -0.05) is 12.8 Å². The average molecular weight is 397 g/mol. The first kappa shape index (κ1) is 22.0. The van der Waals surface area contributed by atoms with Crippen LogP contribution in [0.4, 0.5) is 4.79 Å². The molecule has 3 atom stereocenters. The van der Waals surface area contributed by atoms with Crippen LogP contribution >= 0.6 is 0 Å². The summed E-state index contributed by atoms with van der Waals surface area (Å²) >= 11 is 0. The van der Waals surface area contributed by atoms with Crippen LogP contribution in [-0.4, -0.2) is 55.2 Å². The maximum atomic E-state index is 12.8. The Hall–Kier alpha value is -2.32. The molecule has 9 nitrogen and oxygen atoms in total. The van der Waals surface area contributed by atoms with Crippen LogP contribution in [0.3, 0.4) is 0 Å². The van der Waals surface area contributed by atoms with E-state index in [1.54, 1.807) is 20.8 Å². The molecular formula is C19H31N3O6. The normalized spacial score (nSPS) is 21.3. The van der Waals surface area contributed by atoms with Gasteiger partial charge in [0.25, 0.3) is 0 Å². The molecule has 1 aliphatic heterocycles. The standard InChI is InChI=1S/C19H31N3O6/c1-19(2,3)28-18(26)22-13(9-11-5-6-11)16(24)21-14(17(25)27-4)10-12-7-8-20-15(12)23/h11-14H,5-10H2,1-4H3,(H,20,23)(H,21,24)(H,22,26)/t12-,13-,14-/m0/s1. The van der Waals surface area contributed by atoms with Crippen LogP contribution in [0.2, 0.25) is 0 Å². The number of alkyl carbamates (subject to hydrolysis) is 1. The number of rotatable bonds is 8. The highest BCUT2D eigenvalue weighted by atomic mass is 16.6. The lowest BCUT2D eigenvalue weighted by Crippen LogP contribution is -2.53. The Balaban J connectivity index is 2.01. The van der Waals surface area contributed by atoms with E-state index in [0.29, 0.717) is 25.3 Å². The molecule has 2 aliphatic rings. The number of hydrogen-bond donors (Lipinski definition) is 3. The van der Waals surface area contributed by atoms with Crippen molar-refractivity contribution in [3.05, 3.63) is 0 Å². The van der Waals surface area contributed by atoms with E-state index in [2.05, 4.69) is 16.0 Å². The second-order valence-corrected chi connectivity index (χ2v) is 8.47. The summed E-state index contributed by atoms with van der Waals surface area (Å²) in [5.74, 6) is -1.22. The van der Waals surface area contributed by atoms with E-state index in [1.807, 2.05) is 0 Å². The monoisotopic (exact) mass is 397 g/mol. The van der Waals surface area contributed by atoms with E-state index in [0.717, 1.165) is 12.8 Å². The fourth-order valence-electron chi connectivity index (χ4n) is 3.15. The van der Waals surface area contributed by atoms with Gasteiger partial charge < -0.3 is 25.4 Å². The first-order valence-corrected chi connectivity index (χ1v) is 9.74. The molecule has 9 heteroatoms. The molecule has 0 spiro atoms. The predicted octanol–water partition coefficient (Wildman–Crippen LogP) is 0.864. The summed E-state index contributed by atoms with van der Waals surface area (Å²) in [5, 5.41) is 7.97. The molecule has 3 amide bonds. The highest BCUT2D eigenvalue weighted by molar-refractivity contribution is 5.90. The lowest BCUT2D eigenvalue weighted by Gasteiger charge is -2.25. The molecular weight excluding hydrogens is 366 g/mol. The van der Waals surface area contributed by atoms with Gasteiger partial charge in [0.2, 0.25) is 11.8 Å². The lowest BCUT2D eigenvalue weighted by atomic mass is 9.98. The van der Waals surface area contributed by atoms with Crippen molar-refractivity contribution in [3.8, 4) is 0 Å². The number of methoxy groups -OCH3 is 1. The summed E-state index contributed by atoms with van der Waals surface area (Å²) in [5.41, 5.74) is -0.685. The second kappa shape index (κ2) is 9.25. The number of hydrogen-bond acceptors (Lipinski definition) is 6. The summed E-state index contributed by atoms with van der Waals surface area (Å²) in [4.78, 5) is 48.9. The number of carbonyl (C=O) groups excluding carboxylic acids is 4. The Kier molecular flexibility index (Phi) is 7.26. The molecule has 158 valence electrons. The number of esters is 1. The largest absolute Gasteiger partial charge is 0.467 e. The first-order chi connectivity index (χ1) is 13.1. The molecule has 1 heterocycles. The van der Waals surface area contributed by atoms with Crippen LogP contribution in [0.1, 0.15) is 52.9 Å². The van der Waals surface area contributed by atoms with Crippen molar-refractivity contribution in [2.75, 3.05) is 13.7 Å². The van der Waals surface area contributed by atoms with E-state index in [-0.39, 0.29) is 18.2 Å². The van der Waals surface area contributed by atoms with Gasteiger partial charge in [-0.3, -0.25) is 9.59 Å². The molecule has 3 N–H and O–H groups in total. The van der Waals surface area contributed by atoms with Crippen molar-refractivity contribution in [2.45, 2.75) is 70.6 Å². The zero-order valence-electron chi connectivity index (χ0n) is 17.0. The van der Waals surface area contributed by atoms with Crippen molar-refractivity contribution < 1.29 is 28.7 Å². The number of nitrogens with one attached hydrogen (secondary N) is 3. The van der Waals surface area contributed by atoms with Crippen molar-refractivity contribution in [1.82, 2.24) is 16.0 Å². The topological polar surface area (TPSA) is 123 Å². The highest BCUT2D eigenvalue weighted by Gasteiger charge is 2.36. The van der Waals surface area contributed by atoms with Crippen molar-refractivity contribution in [2.24, 2.45) is 11.8 Å². The Morgan fingerprint density at radius 1 is 1.11 bits per heavy atom. The van der Waals surface area contributed by atoms with Gasteiger partial charge in [0, 0.05) is 12.5 Å². The zero-order valence-corrected chi connectivity index (χ0v) is 17.0. The first-order valence-electron chi connectivity index (χ1n) is 9.74. The van der Waals surface area contributed by atoms with Gasteiger partial charge in [0.1, 0.15) is 17.7 Å². The van der Waals surface area contributed by atoms with Crippen molar-refractivity contribution in [1.29, 1.82) is 0 Å². The maximum Gasteiger partial charge on any atom is 0.408 e. The third-order valence-electron chi connectivity index (χ3n) is 4.76. The Bertz CT molecular complexity index is 611. The van der Waals surface area contributed by atoms with Crippen molar-refractivity contribution in [3.63, 3.8) is 0 Å². The van der Waals surface area contributed by atoms with Gasteiger partial charge in [-0.05, 0) is 46.0 Å². The molecule has 0 unspecified atom stereocenters. The quantitative estimate of drug-likeness (QED) is 0.522. The minimum absolute atomic E-state index is 0.135. The van der Waals surface area contributed by atoms with E-state index in [1.165, 1.54) is 7.11 Å². The van der Waals surface area contributed by atoms with Crippen LogP contribution in [-0.2, 0) is 23.9 Å². The summed E-state index contributed by atoms with van der Waals surface area (Å²) in [6.07, 6.45) is 2.56. The predicted molar refractivity (Wildman–Crippen MR) is 100 cm³/mol. The molecule has 0 aromatic carbocycles. The molecule has 1 saturated carbocycles. The minimum atomic E-state index is -0.950. The van der Waals surface area contributed by atoms with Gasteiger partial charge in [0.05, 0.1) is 7.11 Å². The van der Waals surface area contributed by atoms with Gasteiger partial charge in [-0.15, -0.1) is 0 Å². The van der Waals surface area contributed by atoms with E-state index >= 15 is 0 Å². The zero-order chi connectivity index (χ0) is 20.9. The van der Waals surface area contributed by atoms with E-state index in [9.17, 15) is 19.2 Å². The smallest absolute Gasteiger partial charge is 0.408 e. The third kappa shape index (κ3) is 7.01. The minimum Gasteiger partial charge on any atom is -0.467 e. The van der Waals surface area contributed by atoms with E-state index < -0.39 is 35.7 Å².